The van der Waals surface area contributed by atoms with Gasteiger partial charge in [-0.1, -0.05) is 48.5 Å². The van der Waals surface area contributed by atoms with Gasteiger partial charge in [0.05, 0.1) is 24.4 Å². The molecule has 26 heavy (non-hydrogen) atoms. The molecule has 136 valence electrons. The second-order valence-electron chi connectivity index (χ2n) is 6.74. The number of nitrogens with zero attached hydrogens (tertiary/aromatic N) is 2. The van der Waals surface area contributed by atoms with Crippen LogP contribution in [0.3, 0.4) is 0 Å². The molecule has 1 fully saturated rings. The van der Waals surface area contributed by atoms with Crippen LogP contribution in [0.15, 0.2) is 54.6 Å². The van der Waals surface area contributed by atoms with Crippen LogP contribution >= 0.6 is 0 Å². The van der Waals surface area contributed by atoms with E-state index in [1.165, 1.54) is 22.2 Å². The van der Waals surface area contributed by atoms with Gasteiger partial charge in [-0.25, -0.2) is 0 Å². The Labute approximate surface area is 154 Å². The zero-order valence-electron chi connectivity index (χ0n) is 15.4. The largest absolute Gasteiger partial charge is 0.416 e. The zero-order chi connectivity index (χ0) is 17.8. The highest BCUT2D eigenvalue weighted by atomic mass is 16.6. The summed E-state index contributed by atoms with van der Waals surface area (Å²) in [5.74, 6) is 0. The van der Waals surface area contributed by atoms with E-state index >= 15 is 0 Å². The molecule has 1 aliphatic rings. The molecular formula is C22H26N2O2. The van der Waals surface area contributed by atoms with Crippen LogP contribution in [0.2, 0.25) is 0 Å². The Hall–Kier alpha value is -2.30. The molecule has 1 aliphatic heterocycles. The number of aromatic nitrogens is 1. The predicted octanol–water partition coefficient (Wildman–Crippen LogP) is 3.63. The fourth-order valence-electron chi connectivity index (χ4n) is 3.91. The Morgan fingerprint density at radius 2 is 1.69 bits per heavy atom. The average molecular weight is 350 g/mol. The molecule has 0 saturated carbocycles. The minimum atomic E-state index is 0.859. The molecule has 1 saturated heterocycles. The molecule has 4 heteroatoms. The highest BCUT2D eigenvalue weighted by molar-refractivity contribution is 5.91. The van der Waals surface area contributed by atoms with Gasteiger partial charge in [-0.05, 0) is 31.0 Å². The maximum atomic E-state index is 5.78. The van der Waals surface area contributed by atoms with Crippen molar-refractivity contribution >= 4 is 10.9 Å². The van der Waals surface area contributed by atoms with Crippen LogP contribution in [0.5, 0.6) is 0 Å². The lowest BCUT2D eigenvalue weighted by Crippen LogP contribution is -2.36. The fraction of sp³-hybridized carbons (Fsp3) is 0.364. The monoisotopic (exact) mass is 350 g/mol. The van der Waals surface area contributed by atoms with Crippen molar-refractivity contribution in [1.29, 1.82) is 0 Å². The Balaban J connectivity index is 1.67. The number of ether oxygens (including phenoxy) is 1. The van der Waals surface area contributed by atoms with Crippen LogP contribution in [0.25, 0.3) is 22.2 Å². The number of aryl methyl sites for hydroxylation is 1. The molecule has 0 amide bonds. The second-order valence-corrected chi connectivity index (χ2v) is 6.74. The topological polar surface area (TPSA) is 26.6 Å². The molecule has 0 unspecified atom stereocenters. The van der Waals surface area contributed by atoms with E-state index in [9.17, 15) is 0 Å². The highest BCUT2D eigenvalue weighted by Crippen LogP contribution is 2.34. The molecule has 0 atom stereocenters. The smallest absolute Gasteiger partial charge is 0.104 e. The molecule has 3 aromatic rings. The van der Waals surface area contributed by atoms with E-state index < -0.39 is 0 Å². The lowest BCUT2D eigenvalue weighted by atomic mass is 10.0. The lowest BCUT2D eigenvalue weighted by Gasteiger charge is -2.26. The maximum absolute atomic E-state index is 5.78. The van der Waals surface area contributed by atoms with Crippen molar-refractivity contribution in [3.05, 3.63) is 60.2 Å². The number of benzene rings is 2. The van der Waals surface area contributed by atoms with Gasteiger partial charge in [0.1, 0.15) is 7.11 Å². The average Bonchev–Trinajstić information content (AvgIpc) is 3.03. The summed E-state index contributed by atoms with van der Waals surface area (Å²) >= 11 is 0. The standard InChI is InChI=1S/C22H26N2O2/c1-25-24-21-12-6-5-10-19(21)20(22(24)18-8-3-2-4-9-18)11-7-13-23-14-16-26-17-15-23/h2-6,8-10,12H,7,11,13-17H2,1H3. The van der Waals surface area contributed by atoms with Crippen molar-refractivity contribution in [1.82, 2.24) is 9.63 Å². The zero-order valence-corrected chi connectivity index (χ0v) is 15.4. The molecule has 0 bridgehead atoms. The van der Waals surface area contributed by atoms with Crippen LogP contribution < -0.4 is 4.84 Å². The summed E-state index contributed by atoms with van der Waals surface area (Å²) in [5.41, 5.74) is 4.89. The van der Waals surface area contributed by atoms with Gasteiger partial charge in [-0.15, -0.1) is 0 Å². The normalized spacial score (nSPS) is 15.4. The Kier molecular flexibility index (Phi) is 5.23. The van der Waals surface area contributed by atoms with Crippen molar-refractivity contribution in [3.63, 3.8) is 0 Å². The van der Waals surface area contributed by atoms with E-state index in [2.05, 4.69) is 59.5 Å². The number of hydrogen-bond acceptors (Lipinski definition) is 3. The van der Waals surface area contributed by atoms with Crippen LogP contribution in [-0.4, -0.2) is 49.6 Å². The van der Waals surface area contributed by atoms with E-state index in [0.29, 0.717) is 0 Å². The molecule has 0 spiro atoms. The van der Waals surface area contributed by atoms with E-state index in [1.807, 2.05) is 4.73 Å². The number of rotatable bonds is 6. The summed E-state index contributed by atoms with van der Waals surface area (Å²) < 4.78 is 7.44. The van der Waals surface area contributed by atoms with E-state index in [-0.39, 0.29) is 0 Å². The summed E-state index contributed by atoms with van der Waals surface area (Å²) in [4.78, 5) is 8.28. The van der Waals surface area contributed by atoms with Crippen molar-refractivity contribution in [2.75, 3.05) is 40.0 Å². The van der Waals surface area contributed by atoms with E-state index in [1.54, 1.807) is 7.11 Å². The Morgan fingerprint density at radius 1 is 0.962 bits per heavy atom. The molecule has 0 radical (unpaired) electrons. The first kappa shape index (κ1) is 17.1. The predicted molar refractivity (Wildman–Crippen MR) is 105 cm³/mol. The molecule has 4 nitrogen and oxygen atoms in total. The third kappa shape index (κ3) is 3.35. The lowest BCUT2D eigenvalue weighted by molar-refractivity contribution is 0.0375. The SMILES string of the molecule is COn1c(-c2ccccc2)c(CCCN2CCOCC2)c2ccccc21. The third-order valence-corrected chi connectivity index (χ3v) is 5.17. The highest BCUT2D eigenvalue weighted by Gasteiger charge is 2.19. The van der Waals surface area contributed by atoms with Crippen molar-refractivity contribution in [3.8, 4) is 11.3 Å². The van der Waals surface area contributed by atoms with Crippen molar-refractivity contribution in [2.45, 2.75) is 12.8 Å². The van der Waals surface area contributed by atoms with Crippen LogP contribution in [0.1, 0.15) is 12.0 Å². The third-order valence-electron chi connectivity index (χ3n) is 5.17. The number of morpholine rings is 1. The fourth-order valence-corrected chi connectivity index (χ4v) is 3.91. The maximum Gasteiger partial charge on any atom is 0.104 e. The summed E-state index contributed by atoms with van der Waals surface area (Å²) in [5, 5.41) is 1.29. The molecule has 0 N–H and O–H groups in total. The Bertz CT molecular complexity index is 851. The molecule has 4 rings (SSSR count). The van der Waals surface area contributed by atoms with Gasteiger partial charge in [0.2, 0.25) is 0 Å². The molecule has 0 aliphatic carbocycles. The van der Waals surface area contributed by atoms with Gasteiger partial charge in [-0.2, -0.15) is 4.73 Å². The summed E-state index contributed by atoms with van der Waals surface area (Å²) in [7, 11) is 1.75. The first-order valence-electron chi connectivity index (χ1n) is 9.41. The van der Waals surface area contributed by atoms with Gasteiger partial charge >= 0.3 is 0 Å². The van der Waals surface area contributed by atoms with Crippen LogP contribution in [-0.2, 0) is 11.2 Å². The number of fused-ring (bicyclic) bond motifs is 1. The van der Waals surface area contributed by atoms with E-state index in [0.717, 1.165) is 51.2 Å². The van der Waals surface area contributed by atoms with Gasteiger partial charge in [-0.3, -0.25) is 4.90 Å². The minimum Gasteiger partial charge on any atom is -0.416 e. The first-order valence-corrected chi connectivity index (χ1v) is 9.41. The van der Waals surface area contributed by atoms with Crippen LogP contribution in [0, 0.1) is 0 Å². The molecular weight excluding hydrogens is 324 g/mol. The number of para-hydroxylation sites is 1. The van der Waals surface area contributed by atoms with Crippen LogP contribution in [0.4, 0.5) is 0 Å². The minimum absolute atomic E-state index is 0.859. The second kappa shape index (κ2) is 7.94. The van der Waals surface area contributed by atoms with Crippen molar-refractivity contribution < 1.29 is 9.57 Å². The van der Waals surface area contributed by atoms with Gasteiger partial charge in [0, 0.05) is 24.0 Å². The van der Waals surface area contributed by atoms with Gasteiger partial charge < -0.3 is 9.57 Å². The quantitative estimate of drug-likeness (QED) is 0.679. The molecule has 1 aromatic heterocycles. The summed E-state index contributed by atoms with van der Waals surface area (Å²) in [6.45, 7) is 4.93. The first-order chi connectivity index (χ1) is 12.9. The summed E-state index contributed by atoms with van der Waals surface area (Å²) in [6.07, 6.45) is 2.18. The van der Waals surface area contributed by atoms with E-state index in [4.69, 9.17) is 9.57 Å². The summed E-state index contributed by atoms with van der Waals surface area (Å²) in [6, 6.07) is 19.1. The van der Waals surface area contributed by atoms with Crippen molar-refractivity contribution in [2.24, 2.45) is 0 Å². The van der Waals surface area contributed by atoms with Gasteiger partial charge in [0.15, 0.2) is 0 Å². The number of hydrogen-bond donors (Lipinski definition) is 0. The van der Waals surface area contributed by atoms with Gasteiger partial charge in [0.25, 0.3) is 0 Å². The molecule has 2 aromatic carbocycles. The molecule has 2 heterocycles. The Morgan fingerprint density at radius 3 is 2.46 bits per heavy atom.